The van der Waals surface area contributed by atoms with E-state index in [4.69, 9.17) is 23.3 Å². The Labute approximate surface area is 201 Å². The van der Waals surface area contributed by atoms with Crippen LogP contribution >= 0.6 is 0 Å². The van der Waals surface area contributed by atoms with E-state index in [2.05, 4.69) is 5.32 Å². The number of unbranched alkanes of at least 4 members (excludes halogenated alkanes) is 2. The topological polar surface area (TPSA) is 166 Å². The summed E-state index contributed by atoms with van der Waals surface area (Å²) in [7, 11) is -8.29. The molecule has 13 heteroatoms. The van der Waals surface area contributed by atoms with Crippen LogP contribution in [0, 0.1) is 0 Å². The van der Waals surface area contributed by atoms with E-state index in [0.717, 1.165) is 25.7 Å². The van der Waals surface area contributed by atoms with Crippen LogP contribution < -0.4 is 19.5 Å². The minimum absolute atomic E-state index is 0.00467. The molecule has 0 saturated carbocycles. The van der Waals surface area contributed by atoms with Gasteiger partial charge in [0.15, 0.2) is 11.5 Å². The van der Waals surface area contributed by atoms with Gasteiger partial charge in [0.25, 0.3) is 26.1 Å². The Morgan fingerprint density at radius 3 is 1.71 bits per heavy atom. The molecule has 0 aromatic heterocycles. The lowest BCUT2D eigenvalue weighted by molar-refractivity contribution is 0.0952. The number of rotatable bonds is 18. The molecule has 0 aliphatic rings. The van der Waals surface area contributed by atoms with E-state index >= 15 is 0 Å². The van der Waals surface area contributed by atoms with Gasteiger partial charge in [0, 0.05) is 12.1 Å². The van der Waals surface area contributed by atoms with Crippen LogP contribution in [0.3, 0.4) is 0 Å². The molecule has 0 heterocycles. The molecule has 0 saturated heterocycles. The van der Waals surface area contributed by atoms with Crippen molar-refractivity contribution >= 4 is 26.1 Å². The quantitative estimate of drug-likeness (QED) is 0.192. The van der Waals surface area contributed by atoms with Crippen molar-refractivity contribution in [3.8, 4) is 17.2 Å². The van der Waals surface area contributed by atoms with Crippen molar-refractivity contribution in [2.45, 2.75) is 52.4 Å². The SMILES string of the molecule is CCCCNC(=O)c1cc(OCCCS(=O)(=O)O)c(OCCCC)c(OCCCS(=O)(=O)O)c1. The molecular formula is C21H35NO10S2. The van der Waals surface area contributed by atoms with Crippen LogP contribution in [0.5, 0.6) is 17.2 Å². The Morgan fingerprint density at radius 1 is 0.794 bits per heavy atom. The highest BCUT2D eigenvalue weighted by Gasteiger charge is 2.19. The zero-order valence-electron chi connectivity index (χ0n) is 19.6. The molecule has 11 nitrogen and oxygen atoms in total. The highest BCUT2D eigenvalue weighted by molar-refractivity contribution is 7.86. The molecule has 0 aliphatic carbocycles. The molecule has 196 valence electrons. The van der Waals surface area contributed by atoms with E-state index in [9.17, 15) is 21.6 Å². The average molecular weight is 526 g/mol. The lowest BCUT2D eigenvalue weighted by atomic mass is 10.1. The van der Waals surface area contributed by atoms with Gasteiger partial charge in [-0.3, -0.25) is 13.9 Å². The molecule has 0 bridgehead atoms. The van der Waals surface area contributed by atoms with Gasteiger partial charge in [-0.2, -0.15) is 16.8 Å². The van der Waals surface area contributed by atoms with E-state index in [1.807, 2.05) is 13.8 Å². The van der Waals surface area contributed by atoms with Crippen molar-refractivity contribution in [2.75, 3.05) is 37.9 Å². The van der Waals surface area contributed by atoms with Crippen molar-refractivity contribution in [3.63, 3.8) is 0 Å². The molecule has 1 amide bonds. The lowest BCUT2D eigenvalue weighted by Gasteiger charge is -2.18. The van der Waals surface area contributed by atoms with Crippen molar-refractivity contribution < 1.29 is 44.9 Å². The van der Waals surface area contributed by atoms with Gasteiger partial charge in [-0.25, -0.2) is 0 Å². The highest BCUT2D eigenvalue weighted by atomic mass is 32.2. The van der Waals surface area contributed by atoms with Crippen LogP contribution in [0.4, 0.5) is 0 Å². The summed E-state index contributed by atoms with van der Waals surface area (Å²) in [6, 6.07) is 2.92. The smallest absolute Gasteiger partial charge is 0.264 e. The number of hydrogen-bond donors (Lipinski definition) is 3. The summed E-state index contributed by atoms with van der Waals surface area (Å²) in [5.74, 6) is -0.861. The Hall–Kier alpha value is -2.09. The van der Waals surface area contributed by atoms with Gasteiger partial charge in [0.2, 0.25) is 5.75 Å². The number of amides is 1. The third-order valence-corrected chi connectivity index (χ3v) is 6.06. The van der Waals surface area contributed by atoms with Gasteiger partial charge in [-0.15, -0.1) is 0 Å². The summed E-state index contributed by atoms with van der Waals surface area (Å²) < 4.78 is 78.9. The van der Waals surface area contributed by atoms with Crippen LogP contribution in [-0.4, -0.2) is 69.7 Å². The van der Waals surface area contributed by atoms with Gasteiger partial charge in [0.05, 0.1) is 31.3 Å². The normalized spacial score (nSPS) is 11.8. The molecule has 3 N–H and O–H groups in total. The number of nitrogens with one attached hydrogen (secondary N) is 1. The Kier molecular flexibility index (Phi) is 13.2. The number of carbonyl (C=O) groups excluding carboxylic acids is 1. The molecule has 0 aliphatic heterocycles. The summed E-state index contributed by atoms with van der Waals surface area (Å²) in [4.78, 5) is 12.6. The molecule has 34 heavy (non-hydrogen) atoms. The fourth-order valence-electron chi connectivity index (χ4n) is 2.71. The third kappa shape index (κ3) is 13.0. The first kappa shape index (κ1) is 29.9. The van der Waals surface area contributed by atoms with Crippen molar-refractivity contribution in [1.82, 2.24) is 5.32 Å². The Morgan fingerprint density at radius 2 is 1.26 bits per heavy atom. The fourth-order valence-corrected chi connectivity index (χ4v) is 3.68. The van der Waals surface area contributed by atoms with Crippen LogP contribution in [0.2, 0.25) is 0 Å². The second kappa shape index (κ2) is 15.0. The largest absolute Gasteiger partial charge is 0.489 e. The molecule has 1 rings (SSSR count). The highest BCUT2D eigenvalue weighted by Crippen LogP contribution is 2.39. The Bertz CT molecular complexity index is 916. The summed E-state index contributed by atoms with van der Waals surface area (Å²) in [6.45, 7) is 4.61. The fraction of sp³-hybridized carbons (Fsp3) is 0.667. The van der Waals surface area contributed by atoms with Gasteiger partial charge in [0.1, 0.15) is 0 Å². The monoisotopic (exact) mass is 525 g/mol. The van der Waals surface area contributed by atoms with Gasteiger partial charge >= 0.3 is 0 Å². The van der Waals surface area contributed by atoms with E-state index in [1.165, 1.54) is 12.1 Å². The maximum Gasteiger partial charge on any atom is 0.264 e. The van der Waals surface area contributed by atoms with Crippen LogP contribution in [0.15, 0.2) is 12.1 Å². The maximum absolute atomic E-state index is 12.6. The molecule has 1 aromatic rings. The average Bonchev–Trinajstić information content (AvgIpc) is 2.74. The molecule has 0 unspecified atom stereocenters. The molecule has 0 fully saturated rings. The lowest BCUT2D eigenvalue weighted by Crippen LogP contribution is -2.24. The standard InChI is InChI=1S/C21H35NO10S2/c1-3-5-9-22-21(23)17-15-18(30-11-7-13-33(24,25)26)20(32-10-6-4-2)19(16-17)31-12-8-14-34(27,28)29/h15-16H,3-14H2,1-2H3,(H,22,23)(H,24,25,26)(H,27,28,29). The predicted octanol–water partition coefficient (Wildman–Crippen LogP) is 2.71. The van der Waals surface area contributed by atoms with E-state index in [1.54, 1.807) is 0 Å². The zero-order valence-corrected chi connectivity index (χ0v) is 21.2. The summed E-state index contributed by atoms with van der Waals surface area (Å²) >= 11 is 0. The van der Waals surface area contributed by atoms with Crippen LogP contribution in [-0.2, 0) is 20.2 Å². The second-order valence-electron chi connectivity index (χ2n) is 7.59. The third-order valence-electron chi connectivity index (χ3n) is 4.45. The van der Waals surface area contributed by atoms with Gasteiger partial charge in [-0.1, -0.05) is 26.7 Å². The molecule has 0 spiro atoms. The summed E-state index contributed by atoms with van der Waals surface area (Å²) in [6.07, 6.45) is 3.28. The first-order valence-electron chi connectivity index (χ1n) is 11.2. The molecular weight excluding hydrogens is 490 g/mol. The molecule has 0 atom stereocenters. The minimum Gasteiger partial charge on any atom is -0.489 e. The van der Waals surface area contributed by atoms with E-state index in [-0.39, 0.29) is 54.8 Å². The van der Waals surface area contributed by atoms with Crippen LogP contribution in [0.1, 0.15) is 62.7 Å². The first-order valence-corrected chi connectivity index (χ1v) is 14.4. The number of ether oxygens (including phenoxy) is 3. The van der Waals surface area contributed by atoms with Gasteiger partial charge in [-0.05, 0) is 37.8 Å². The van der Waals surface area contributed by atoms with Crippen molar-refractivity contribution in [1.29, 1.82) is 0 Å². The first-order chi connectivity index (χ1) is 16.0. The van der Waals surface area contributed by atoms with Crippen molar-refractivity contribution in [2.24, 2.45) is 0 Å². The number of hydrogen-bond acceptors (Lipinski definition) is 8. The van der Waals surface area contributed by atoms with E-state index < -0.39 is 31.7 Å². The maximum atomic E-state index is 12.6. The van der Waals surface area contributed by atoms with E-state index in [0.29, 0.717) is 13.2 Å². The second-order valence-corrected chi connectivity index (χ2v) is 10.7. The minimum atomic E-state index is -4.15. The van der Waals surface area contributed by atoms with Crippen LogP contribution in [0.25, 0.3) is 0 Å². The van der Waals surface area contributed by atoms with Gasteiger partial charge < -0.3 is 19.5 Å². The summed E-state index contributed by atoms with van der Waals surface area (Å²) in [5.41, 5.74) is 0.216. The molecule has 0 radical (unpaired) electrons. The molecule has 1 aromatic carbocycles. The number of benzene rings is 1. The zero-order chi connectivity index (χ0) is 25.6. The summed E-state index contributed by atoms with van der Waals surface area (Å²) in [5, 5.41) is 2.78. The Balaban J connectivity index is 3.18. The predicted molar refractivity (Wildman–Crippen MR) is 127 cm³/mol. The van der Waals surface area contributed by atoms with Crippen molar-refractivity contribution in [3.05, 3.63) is 17.7 Å². The number of carbonyl (C=O) groups is 1.